The van der Waals surface area contributed by atoms with Crippen molar-refractivity contribution >= 4 is 21.6 Å². The Morgan fingerprint density at radius 3 is 2.70 bits per heavy atom. The predicted molar refractivity (Wildman–Crippen MR) is 88.8 cm³/mol. The van der Waals surface area contributed by atoms with Crippen molar-refractivity contribution in [2.75, 3.05) is 24.2 Å². The molecule has 0 unspecified atom stereocenters. The zero-order chi connectivity index (χ0) is 16.9. The molecule has 1 N–H and O–H groups in total. The van der Waals surface area contributed by atoms with Crippen molar-refractivity contribution in [3.05, 3.63) is 18.3 Å². The Hall–Kier alpha value is -1.70. The Morgan fingerprint density at radius 1 is 1.43 bits per heavy atom. The first-order valence-corrected chi connectivity index (χ1v) is 9.70. The molecule has 7 nitrogen and oxygen atoms in total. The zero-order valence-corrected chi connectivity index (χ0v) is 14.4. The fraction of sp³-hybridized carbons (Fsp3) is 0.667. The summed E-state index contributed by atoms with van der Waals surface area (Å²) in [5, 5.41) is 10.1. The maximum Gasteiger partial charge on any atom is 0.240 e. The second-order valence-electron chi connectivity index (χ2n) is 5.86. The summed E-state index contributed by atoms with van der Waals surface area (Å²) >= 11 is 0. The molecular weight excluding hydrogens is 316 g/mol. The van der Waals surface area contributed by atoms with Crippen LogP contribution < -0.4 is 5.32 Å². The van der Waals surface area contributed by atoms with E-state index in [1.165, 1.54) is 6.92 Å². The molecular formula is C15H24N4O3S. The minimum atomic E-state index is -3.35. The number of likely N-dealkylation sites (tertiary alicyclic amines) is 1. The third-order valence-corrected chi connectivity index (χ3v) is 6.36. The van der Waals surface area contributed by atoms with Crippen LogP contribution in [0.25, 0.3) is 0 Å². The molecule has 2 heterocycles. The van der Waals surface area contributed by atoms with Gasteiger partial charge in [0, 0.05) is 25.3 Å². The van der Waals surface area contributed by atoms with E-state index in [9.17, 15) is 13.2 Å². The standard InChI is InChI=1S/C15H24N4O3S/c1-3-11-23(21,22)12(2)15(20)19-9-6-13(7-10-19)17-14-5-4-8-16-18-14/h4-5,8,12-13H,3,6-7,9-11H2,1-2H3,(H,17,18)/t12-/m0/s1. The van der Waals surface area contributed by atoms with Gasteiger partial charge in [0.1, 0.15) is 11.1 Å². The largest absolute Gasteiger partial charge is 0.366 e. The van der Waals surface area contributed by atoms with Crippen molar-refractivity contribution in [1.82, 2.24) is 15.1 Å². The fourth-order valence-corrected chi connectivity index (χ4v) is 4.08. The molecule has 0 spiro atoms. The van der Waals surface area contributed by atoms with E-state index < -0.39 is 15.1 Å². The number of carbonyl (C=O) groups is 1. The summed E-state index contributed by atoms with van der Waals surface area (Å²) in [5.74, 6) is 0.498. The summed E-state index contributed by atoms with van der Waals surface area (Å²) < 4.78 is 24.1. The molecule has 0 bridgehead atoms. The minimum Gasteiger partial charge on any atom is -0.366 e. The van der Waals surface area contributed by atoms with E-state index in [4.69, 9.17) is 0 Å². The summed E-state index contributed by atoms with van der Waals surface area (Å²) in [5.41, 5.74) is 0. The minimum absolute atomic E-state index is 0.0601. The van der Waals surface area contributed by atoms with Crippen LogP contribution in [0.2, 0.25) is 0 Å². The molecule has 1 amide bonds. The molecule has 23 heavy (non-hydrogen) atoms. The van der Waals surface area contributed by atoms with Crippen LogP contribution in [-0.4, -0.2) is 59.6 Å². The molecule has 1 atom stereocenters. The number of piperidine rings is 1. The summed E-state index contributed by atoms with van der Waals surface area (Å²) in [6, 6.07) is 3.89. The van der Waals surface area contributed by atoms with Gasteiger partial charge < -0.3 is 10.2 Å². The number of hydrogen-bond acceptors (Lipinski definition) is 6. The Kier molecular flexibility index (Phi) is 5.92. The second-order valence-corrected chi connectivity index (χ2v) is 8.30. The molecule has 0 aliphatic carbocycles. The van der Waals surface area contributed by atoms with Crippen LogP contribution in [0, 0.1) is 0 Å². The smallest absolute Gasteiger partial charge is 0.240 e. The van der Waals surface area contributed by atoms with Gasteiger partial charge in [0.2, 0.25) is 5.91 Å². The molecule has 8 heteroatoms. The third kappa shape index (κ3) is 4.63. The van der Waals surface area contributed by atoms with E-state index in [2.05, 4.69) is 15.5 Å². The number of amides is 1. The molecule has 0 radical (unpaired) electrons. The zero-order valence-electron chi connectivity index (χ0n) is 13.6. The van der Waals surface area contributed by atoms with E-state index in [1.54, 1.807) is 18.0 Å². The summed E-state index contributed by atoms with van der Waals surface area (Å²) in [6.07, 6.45) is 3.68. The van der Waals surface area contributed by atoms with Crippen molar-refractivity contribution < 1.29 is 13.2 Å². The maximum atomic E-state index is 12.4. The molecule has 1 aromatic rings. The number of carbonyl (C=O) groups excluding carboxylic acids is 1. The van der Waals surface area contributed by atoms with Crippen molar-refractivity contribution in [2.45, 2.75) is 44.4 Å². The molecule has 1 aliphatic heterocycles. The van der Waals surface area contributed by atoms with Crippen molar-refractivity contribution in [3.63, 3.8) is 0 Å². The van der Waals surface area contributed by atoms with Gasteiger partial charge in [0.05, 0.1) is 5.75 Å². The van der Waals surface area contributed by atoms with E-state index in [1.807, 2.05) is 12.1 Å². The monoisotopic (exact) mass is 340 g/mol. The van der Waals surface area contributed by atoms with Gasteiger partial charge in [-0.3, -0.25) is 4.79 Å². The third-order valence-electron chi connectivity index (χ3n) is 4.11. The lowest BCUT2D eigenvalue weighted by Crippen LogP contribution is -2.48. The van der Waals surface area contributed by atoms with E-state index >= 15 is 0 Å². The lowest BCUT2D eigenvalue weighted by Gasteiger charge is -2.33. The number of sulfone groups is 1. The van der Waals surface area contributed by atoms with E-state index in [0.29, 0.717) is 19.5 Å². The summed E-state index contributed by atoms with van der Waals surface area (Å²) in [4.78, 5) is 14.0. The molecule has 1 fully saturated rings. The SMILES string of the molecule is CCCS(=O)(=O)[C@@H](C)C(=O)N1CCC(Nc2cccnn2)CC1. The van der Waals surface area contributed by atoms with Crippen LogP contribution in [0.5, 0.6) is 0 Å². The van der Waals surface area contributed by atoms with Crippen molar-refractivity contribution in [3.8, 4) is 0 Å². The number of anilines is 1. The topological polar surface area (TPSA) is 92.3 Å². The summed E-state index contributed by atoms with van der Waals surface area (Å²) in [7, 11) is -3.35. The van der Waals surface area contributed by atoms with Gasteiger partial charge in [0.15, 0.2) is 9.84 Å². The predicted octanol–water partition coefficient (Wildman–Crippen LogP) is 1.09. The van der Waals surface area contributed by atoms with E-state index in [-0.39, 0.29) is 17.7 Å². The van der Waals surface area contributed by atoms with Crippen LogP contribution in [0.1, 0.15) is 33.1 Å². The van der Waals surface area contributed by atoms with Gasteiger partial charge in [-0.05, 0) is 38.3 Å². The lowest BCUT2D eigenvalue weighted by atomic mass is 10.0. The number of nitrogens with one attached hydrogen (secondary N) is 1. The average molecular weight is 340 g/mol. The number of rotatable bonds is 6. The van der Waals surface area contributed by atoms with Gasteiger partial charge in [0.25, 0.3) is 0 Å². The number of nitrogens with zero attached hydrogens (tertiary/aromatic N) is 3. The quantitative estimate of drug-likeness (QED) is 0.833. The first kappa shape index (κ1) is 17.7. The molecule has 128 valence electrons. The van der Waals surface area contributed by atoms with Gasteiger partial charge >= 0.3 is 0 Å². The molecule has 1 saturated heterocycles. The highest BCUT2D eigenvalue weighted by Crippen LogP contribution is 2.17. The van der Waals surface area contributed by atoms with Crippen molar-refractivity contribution in [1.29, 1.82) is 0 Å². The highest BCUT2D eigenvalue weighted by atomic mass is 32.2. The van der Waals surface area contributed by atoms with Crippen LogP contribution in [0.4, 0.5) is 5.82 Å². The van der Waals surface area contributed by atoms with Crippen LogP contribution in [0.3, 0.4) is 0 Å². The van der Waals surface area contributed by atoms with Crippen LogP contribution in [-0.2, 0) is 14.6 Å². The number of hydrogen-bond donors (Lipinski definition) is 1. The molecule has 1 aliphatic rings. The lowest BCUT2D eigenvalue weighted by molar-refractivity contribution is -0.131. The van der Waals surface area contributed by atoms with Crippen LogP contribution in [0.15, 0.2) is 18.3 Å². The second kappa shape index (κ2) is 7.72. The highest BCUT2D eigenvalue weighted by Gasteiger charge is 2.32. The van der Waals surface area contributed by atoms with Gasteiger partial charge in [-0.15, -0.1) is 5.10 Å². The van der Waals surface area contributed by atoms with Crippen molar-refractivity contribution in [2.24, 2.45) is 0 Å². The van der Waals surface area contributed by atoms with E-state index in [0.717, 1.165) is 18.7 Å². The molecule has 0 saturated carbocycles. The Morgan fingerprint density at radius 2 is 2.13 bits per heavy atom. The number of aromatic nitrogens is 2. The molecule has 1 aromatic heterocycles. The first-order valence-electron chi connectivity index (χ1n) is 7.98. The first-order chi connectivity index (χ1) is 10.9. The summed E-state index contributed by atoms with van der Waals surface area (Å²) in [6.45, 7) is 4.42. The van der Waals surface area contributed by atoms with Crippen LogP contribution >= 0.6 is 0 Å². The Balaban J connectivity index is 1.87. The normalized spacial score (nSPS) is 17.7. The molecule has 2 rings (SSSR count). The fourth-order valence-electron chi connectivity index (χ4n) is 2.70. The highest BCUT2D eigenvalue weighted by molar-refractivity contribution is 7.92. The van der Waals surface area contributed by atoms with Gasteiger partial charge in [-0.2, -0.15) is 5.10 Å². The Labute approximate surface area is 137 Å². The van der Waals surface area contributed by atoms with Gasteiger partial charge in [-0.1, -0.05) is 6.92 Å². The molecule has 0 aromatic carbocycles. The Bertz CT molecular complexity index is 613. The average Bonchev–Trinajstić information content (AvgIpc) is 2.55. The van der Waals surface area contributed by atoms with Gasteiger partial charge in [-0.25, -0.2) is 8.42 Å². The maximum absolute atomic E-state index is 12.4.